The summed E-state index contributed by atoms with van der Waals surface area (Å²) in [5, 5.41) is 36.2. The van der Waals surface area contributed by atoms with Gasteiger partial charge < -0.3 is 15.3 Å². The van der Waals surface area contributed by atoms with Crippen molar-refractivity contribution in [3.63, 3.8) is 0 Å². The van der Waals surface area contributed by atoms with E-state index in [1.54, 1.807) is 6.07 Å². The van der Waals surface area contributed by atoms with Crippen LogP contribution in [0.15, 0.2) is 18.5 Å². The number of aliphatic hydroxyl groups is 3. The molecule has 0 aliphatic rings. The first-order valence-corrected chi connectivity index (χ1v) is 4.46. The van der Waals surface area contributed by atoms with Gasteiger partial charge in [0.2, 0.25) is 0 Å². The van der Waals surface area contributed by atoms with E-state index < -0.39 is 12.2 Å². The second-order valence-corrected chi connectivity index (χ2v) is 3.16. The first-order chi connectivity index (χ1) is 7.19. The predicted molar refractivity (Wildman–Crippen MR) is 51.4 cm³/mol. The molecule has 0 aliphatic heterocycles. The number of rotatable bonds is 4. The van der Waals surface area contributed by atoms with Crippen LogP contribution in [0.1, 0.15) is 23.7 Å². The molecule has 80 valence electrons. The molecule has 0 saturated heterocycles. The van der Waals surface area contributed by atoms with Crippen molar-refractivity contribution in [2.45, 2.75) is 25.2 Å². The van der Waals surface area contributed by atoms with Crippen molar-refractivity contribution in [2.75, 3.05) is 0 Å². The number of aromatic nitrogens is 1. The highest BCUT2D eigenvalue weighted by atomic mass is 16.3. The SMILES string of the molecule is N#CCC(O)C(O)c1cncc(CO)c1. The van der Waals surface area contributed by atoms with Crippen LogP contribution in [-0.4, -0.2) is 26.4 Å². The molecule has 0 aromatic carbocycles. The summed E-state index contributed by atoms with van der Waals surface area (Å²) in [5.41, 5.74) is 0.944. The van der Waals surface area contributed by atoms with Crippen LogP contribution >= 0.6 is 0 Å². The third-order valence-corrected chi connectivity index (χ3v) is 2.01. The van der Waals surface area contributed by atoms with Gasteiger partial charge in [0.1, 0.15) is 6.10 Å². The van der Waals surface area contributed by atoms with Gasteiger partial charge in [-0.1, -0.05) is 0 Å². The van der Waals surface area contributed by atoms with E-state index >= 15 is 0 Å². The minimum absolute atomic E-state index is 0.148. The highest BCUT2D eigenvalue weighted by Gasteiger charge is 2.18. The Kier molecular flexibility index (Phi) is 4.18. The maximum atomic E-state index is 9.62. The molecule has 3 N–H and O–H groups in total. The van der Waals surface area contributed by atoms with Gasteiger partial charge in [-0.25, -0.2) is 0 Å². The van der Waals surface area contributed by atoms with Crippen LogP contribution in [0.5, 0.6) is 0 Å². The summed E-state index contributed by atoms with van der Waals surface area (Å²) < 4.78 is 0. The van der Waals surface area contributed by atoms with Gasteiger partial charge in [-0.2, -0.15) is 5.26 Å². The fraction of sp³-hybridized carbons (Fsp3) is 0.400. The summed E-state index contributed by atoms with van der Waals surface area (Å²) in [7, 11) is 0. The number of nitrogens with zero attached hydrogens (tertiary/aromatic N) is 2. The van der Waals surface area contributed by atoms with Crippen molar-refractivity contribution >= 4 is 0 Å². The number of aliphatic hydroxyl groups excluding tert-OH is 3. The van der Waals surface area contributed by atoms with Gasteiger partial charge in [0.15, 0.2) is 0 Å². The molecular weight excluding hydrogens is 196 g/mol. The monoisotopic (exact) mass is 208 g/mol. The quantitative estimate of drug-likeness (QED) is 0.641. The lowest BCUT2D eigenvalue weighted by atomic mass is 10.0. The zero-order valence-electron chi connectivity index (χ0n) is 8.04. The lowest BCUT2D eigenvalue weighted by molar-refractivity contribution is 0.0213. The normalized spacial score (nSPS) is 14.3. The van der Waals surface area contributed by atoms with E-state index in [0.29, 0.717) is 11.1 Å². The minimum Gasteiger partial charge on any atom is -0.392 e. The Bertz CT molecular complexity index is 362. The molecule has 2 unspecified atom stereocenters. The molecule has 0 amide bonds. The summed E-state index contributed by atoms with van der Waals surface area (Å²) in [6, 6.07) is 3.31. The number of pyridine rings is 1. The van der Waals surface area contributed by atoms with Crippen LogP contribution in [0.25, 0.3) is 0 Å². The van der Waals surface area contributed by atoms with Crippen LogP contribution in [0, 0.1) is 11.3 Å². The van der Waals surface area contributed by atoms with E-state index in [1.165, 1.54) is 18.5 Å². The van der Waals surface area contributed by atoms with Crippen LogP contribution < -0.4 is 0 Å². The topological polar surface area (TPSA) is 97.4 Å². The molecule has 0 aliphatic carbocycles. The number of nitriles is 1. The van der Waals surface area contributed by atoms with Crippen LogP contribution in [0.3, 0.4) is 0 Å². The van der Waals surface area contributed by atoms with Crippen LogP contribution in [-0.2, 0) is 6.61 Å². The van der Waals surface area contributed by atoms with Crippen molar-refractivity contribution in [3.8, 4) is 6.07 Å². The summed E-state index contributed by atoms with van der Waals surface area (Å²) >= 11 is 0. The molecule has 0 spiro atoms. The Labute approximate surface area is 87.3 Å². The molecule has 1 heterocycles. The first kappa shape index (κ1) is 11.6. The third kappa shape index (κ3) is 2.99. The summed E-state index contributed by atoms with van der Waals surface area (Å²) in [6.45, 7) is -0.179. The third-order valence-electron chi connectivity index (χ3n) is 2.01. The molecule has 15 heavy (non-hydrogen) atoms. The van der Waals surface area contributed by atoms with Crippen molar-refractivity contribution in [1.82, 2.24) is 4.98 Å². The predicted octanol–water partition coefficient (Wildman–Crippen LogP) is -0.118. The second-order valence-electron chi connectivity index (χ2n) is 3.16. The maximum absolute atomic E-state index is 9.62. The Morgan fingerprint density at radius 2 is 2.13 bits per heavy atom. The lowest BCUT2D eigenvalue weighted by Crippen LogP contribution is -2.17. The first-order valence-electron chi connectivity index (χ1n) is 4.46. The molecule has 0 fully saturated rings. The molecule has 1 aromatic rings. The fourth-order valence-electron chi connectivity index (χ4n) is 1.18. The van der Waals surface area contributed by atoms with Gasteiger partial charge in [0.05, 0.1) is 25.2 Å². The van der Waals surface area contributed by atoms with Gasteiger partial charge in [0.25, 0.3) is 0 Å². The van der Waals surface area contributed by atoms with E-state index in [9.17, 15) is 10.2 Å². The maximum Gasteiger partial charge on any atom is 0.107 e. The standard InChI is InChI=1S/C10H12N2O3/c11-2-1-9(14)10(15)8-3-7(6-13)4-12-5-8/h3-5,9-10,13-15H,1,6H2. The molecule has 1 rings (SSSR count). The van der Waals surface area contributed by atoms with E-state index in [0.717, 1.165) is 0 Å². The van der Waals surface area contributed by atoms with Gasteiger partial charge in [-0.05, 0) is 11.6 Å². The van der Waals surface area contributed by atoms with Crippen molar-refractivity contribution in [3.05, 3.63) is 29.6 Å². The fourth-order valence-corrected chi connectivity index (χ4v) is 1.18. The second kappa shape index (κ2) is 5.41. The van der Waals surface area contributed by atoms with E-state index in [2.05, 4.69) is 4.98 Å². The number of hydrogen-bond donors (Lipinski definition) is 3. The van der Waals surface area contributed by atoms with E-state index in [4.69, 9.17) is 10.4 Å². The van der Waals surface area contributed by atoms with Crippen molar-refractivity contribution in [2.24, 2.45) is 0 Å². The highest BCUT2D eigenvalue weighted by Crippen LogP contribution is 2.18. The minimum atomic E-state index is -1.15. The van der Waals surface area contributed by atoms with Crippen molar-refractivity contribution < 1.29 is 15.3 Å². The molecule has 1 aromatic heterocycles. The molecule has 5 heteroatoms. The summed E-state index contributed by atoms with van der Waals surface area (Å²) in [5.74, 6) is 0. The number of hydrogen-bond acceptors (Lipinski definition) is 5. The zero-order chi connectivity index (χ0) is 11.3. The van der Waals surface area contributed by atoms with Gasteiger partial charge in [-0.15, -0.1) is 0 Å². The average molecular weight is 208 g/mol. The van der Waals surface area contributed by atoms with E-state index in [-0.39, 0.29) is 13.0 Å². The Morgan fingerprint density at radius 3 is 2.73 bits per heavy atom. The molecule has 0 saturated carbocycles. The Morgan fingerprint density at radius 1 is 1.40 bits per heavy atom. The van der Waals surface area contributed by atoms with E-state index in [1.807, 2.05) is 0 Å². The van der Waals surface area contributed by atoms with Crippen molar-refractivity contribution in [1.29, 1.82) is 5.26 Å². The molecule has 5 nitrogen and oxygen atoms in total. The highest BCUT2D eigenvalue weighted by molar-refractivity contribution is 5.20. The molecule has 0 bridgehead atoms. The van der Waals surface area contributed by atoms with Crippen LogP contribution in [0.4, 0.5) is 0 Å². The smallest absolute Gasteiger partial charge is 0.107 e. The van der Waals surface area contributed by atoms with Gasteiger partial charge >= 0.3 is 0 Å². The summed E-state index contributed by atoms with van der Waals surface area (Å²) in [6.07, 6.45) is 0.427. The van der Waals surface area contributed by atoms with Gasteiger partial charge in [0, 0.05) is 18.0 Å². The van der Waals surface area contributed by atoms with Gasteiger partial charge in [-0.3, -0.25) is 4.98 Å². The Hall–Kier alpha value is -1.48. The Balaban J connectivity index is 2.81. The average Bonchev–Trinajstić information content (AvgIpc) is 2.28. The molecular formula is C10H12N2O3. The lowest BCUT2D eigenvalue weighted by Gasteiger charge is -2.15. The molecule has 2 atom stereocenters. The summed E-state index contributed by atoms with van der Waals surface area (Å²) in [4.78, 5) is 3.81. The molecule has 0 radical (unpaired) electrons. The largest absolute Gasteiger partial charge is 0.392 e. The van der Waals surface area contributed by atoms with Crippen LogP contribution in [0.2, 0.25) is 0 Å². The zero-order valence-corrected chi connectivity index (χ0v) is 8.04.